The third-order valence-corrected chi connectivity index (χ3v) is 4.35. The predicted molar refractivity (Wildman–Crippen MR) is 100 cm³/mol. The van der Waals surface area contributed by atoms with Gasteiger partial charge in [-0.1, -0.05) is 64.5 Å². The highest BCUT2D eigenvalue weighted by Gasteiger charge is 2.36. The van der Waals surface area contributed by atoms with Crippen LogP contribution in [-0.4, -0.2) is 22.4 Å². The number of rotatable bonds is 3. The summed E-state index contributed by atoms with van der Waals surface area (Å²) in [7, 11) is 0. The molecule has 5 heteroatoms. The molecule has 2 aromatic carbocycles. The number of benzene rings is 2. The van der Waals surface area contributed by atoms with Crippen LogP contribution in [0.15, 0.2) is 60.7 Å². The summed E-state index contributed by atoms with van der Waals surface area (Å²) in [6, 6.07) is 18.0. The molecule has 1 N–H and O–H groups in total. The summed E-state index contributed by atoms with van der Waals surface area (Å²) in [6.45, 7) is 5.50. The van der Waals surface area contributed by atoms with E-state index < -0.39 is 16.4 Å². The first-order valence-electron chi connectivity index (χ1n) is 7.70. The minimum absolute atomic E-state index is 0.304. The molecule has 0 radical (unpaired) electrons. The summed E-state index contributed by atoms with van der Waals surface area (Å²) in [5.41, 5.74) is 0.802. The minimum Gasteiger partial charge on any atom is -0.307 e. The van der Waals surface area contributed by atoms with Crippen molar-refractivity contribution in [3.63, 3.8) is 0 Å². The number of nitrogens with zero attached hydrogens (tertiary/aromatic N) is 1. The van der Waals surface area contributed by atoms with Gasteiger partial charge in [-0.15, -0.1) is 0 Å². The normalized spacial score (nSPS) is 12.3. The maximum Gasteiger partial charge on any atom is 0.329 e. The van der Waals surface area contributed by atoms with Crippen LogP contribution in [0.1, 0.15) is 31.2 Å². The van der Waals surface area contributed by atoms with Gasteiger partial charge in [0.2, 0.25) is 5.91 Å². The van der Waals surface area contributed by atoms with Crippen LogP contribution in [0, 0.1) is 0 Å². The van der Waals surface area contributed by atoms with E-state index in [1.807, 2.05) is 69.3 Å². The lowest BCUT2D eigenvalue weighted by atomic mass is 10.0. The topological polar surface area (TPSA) is 49.4 Å². The average molecular weight is 389 g/mol. The maximum absolute atomic E-state index is 12.9. The SMILES string of the molecule is CC(C)(C)N(C(=O)Nc1ccccc1)C(=O)C(Br)c1ccccc1. The molecule has 2 rings (SSSR count). The zero-order valence-corrected chi connectivity index (χ0v) is 15.6. The van der Waals surface area contributed by atoms with Crippen molar-refractivity contribution < 1.29 is 9.59 Å². The van der Waals surface area contributed by atoms with Gasteiger partial charge in [0, 0.05) is 11.2 Å². The van der Waals surface area contributed by atoms with Crippen molar-refractivity contribution in [3.05, 3.63) is 66.2 Å². The van der Waals surface area contributed by atoms with Crippen molar-refractivity contribution in [1.82, 2.24) is 4.90 Å². The molecule has 0 saturated carbocycles. The monoisotopic (exact) mass is 388 g/mol. The first-order valence-corrected chi connectivity index (χ1v) is 8.61. The molecule has 3 amide bonds. The molecule has 126 valence electrons. The molecular formula is C19H21BrN2O2. The number of imide groups is 1. The molecule has 0 spiro atoms. The van der Waals surface area contributed by atoms with Crippen LogP contribution in [0.25, 0.3) is 0 Å². The van der Waals surface area contributed by atoms with E-state index in [9.17, 15) is 9.59 Å². The predicted octanol–water partition coefficient (Wildman–Crippen LogP) is 4.98. The highest BCUT2D eigenvalue weighted by molar-refractivity contribution is 9.09. The second kappa shape index (κ2) is 7.62. The maximum atomic E-state index is 12.9. The molecule has 1 atom stereocenters. The van der Waals surface area contributed by atoms with Crippen molar-refractivity contribution >= 4 is 33.6 Å². The molecule has 0 bridgehead atoms. The fourth-order valence-corrected chi connectivity index (χ4v) is 2.82. The van der Waals surface area contributed by atoms with E-state index >= 15 is 0 Å². The highest BCUT2D eigenvalue weighted by atomic mass is 79.9. The number of para-hydroxylation sites is 1. The van der Waals surface area contributed by atoms with Crippen molar-refractivity contribution in [3.8, 4) is 0 Å². The highest BCUT2D eigenvalue weighted by Crippen LogP contribution is 2.29. The number of anilines is 1. The first-order chi connectivity index (χ1) is 11.3. The lowest BCUT2D eigenvalue weighted by Crippen LogP contribution is -2.52. The Morgan fingerprint density at radius 2 is 1.46 bits per heavy atom. The van der Waals surface area contributed by atoms with Crippen molar-refractivity contribution in [2.24, 2.45) is 0 Å². The lowest BCUT2D eigenvalue weighted by Gasteiger charge is -2.35. The quantitative estimate of drug-likeness (QED) is 0.753. The van der Waals surface area contributed by atoms with Crippen molar-refractivity contribution in [1.29, 1.82) is 0 Å². The molecule has 2 aromatic rings. The molecular weight excluding hydrogens is 368 g/mol. The third-order valence-electron chi connectivity index (χ3n) is 3.43. The van der Waals surface area contributed by atoms with E-state index in [4.69, 9.17) is 0 Å². The number of amides is 3. The van der Waals surface area contributed by atoms with Crippen LogP contribution >= 0.6 is 15.9 Å². The Morgan fingerprint density at radius 1 is 0.958 bits per heavy atom. The Balaban J connectivity index is 2.25. The van der Waals surface area contributed by atoms with Gasteiger partial charge in [-0.2, -0.15) is 0 Å². The van der Waals surface area contributed by atoms with E-state index in [1.54, 1.807) is 12.1 Å². The van der Waals surface area contributed by atoms with Gasteiger partial charge in [0.1, 0.15) is 4.83 Å². The lowest BCUT2D eigenvalue weighted by molar-refractivity contribution is -0.130. The Kier molecular flexibility index (Phi) is 5.78. The Hall–Kier alpha value is -2.14. The van der Waals surface area contributed by atoms with Crippen LogP contribution in [-0.2, 0) is 4.79 Å². The number of hydrogen-bond donors (Lipinski definition) is 1. The largest absolute Gasteiger partial charge is 0.329 e. The molecule has 24 heavy (non-hydrogen) atoms. The van der Waals surface area contributed by atoms with Gasteiger partial charge in [-0.05, 0) is 38.5 Å². The van der Waals surface area contributed by atoms with E-state index in [2.05, 4.69) is 21.2 Å². The van der Waals surface area contributed by atoms with E-state index in [0.717, 1.165) is 5.56 Å². The number of carbonyl (C=O) groups excluding carboxylic acids is 2. The molecule has 1 unspecified atom stereocenters. The molecule has 0 aliphatic heterocycles. The van der Waals surface area contributed by atoms with Gasteiger partial charge in [0.15, 0.2) is 0 Å². The molecule has 0 fully saturated rings. The summed E-state index contributed by atoms with van der Waals surface area (Å²) < 4.78 is 0. The molecule has 0 aliphatic rings. The van der Waals surface area contributed by atoms with Gasteiger partial charge < -0.3 is 5.32 Å². The van der Waals surface area contributed by atoms with E-state index in [1.165, 1.54) is 4.90 Å². The fraction of sp³-hybridized carbons (Fsp3) is 0.263. The first kappa shape index (κ1) is 18.2. The molecule has 0 aliphatic carbocycles. The number of halogens is 1. The molecule has 0 saturated heterocycles. The zero-order valence-electron chi connectivity index (χ0n) is 14.0. The van der Waals surface area contributed by atoms with Crippen LogP contribution in [0.2, 0.25) is 0 Å². The van der Waals surface area contributed by atoms with Crippen molar-refractivity contribution in [2.75, 3.05) is 5.32 Å². The number of urea groups is 1. The summed E-state index contributed by atoms with van der Waals surface area (Å²) in [4.78, 5) is 26.3. The average Bonchev–Trinajstić information content (AvgIpc) is 2.54. The van der Waals surface area contributed by atoms with Crippen molar-refractivity contribution in [2.45, 2.75) is 31.1 Å². The van der Waals surface area contributed by atoms with Crippen LogP contribution in [0.5, 0.6) is 0 Å². The second-order valence-corrected chi connectivity index (χ2v) is 7.33. The standard InChI is InChI=1S/C19H21BrN2O2/c1-19(2,3)22(18(24)21-15-12-8-5-9-13-15)17(23)16(20)14-10-6-4-7-11-14/h4-13,16H,1-3H3,(H,21,24). The Morgan fingerprint density at radius 3 is 1.96 bits per heavy atom. The van der Waals surface area contributed by atoms with Gasteiger partial charge in [0.25, 0.3) is 0 Å². The minimum atomic E-state index is -0.656. The third kappa shape index (κ3) is 4.45. The molecule has 4 nitrogen and oxygen atoms in total. The zero-order chi connectivity index (χ0) is 17.7. The van der Waals surface area contributed by atoms with Crippen LogP contribution in [0.3, 0.4) is 0 Å². The number of nitrogens with one attached hydrogen (secondary N) is 1. The summed E-state index contributed by atoms with van der Waals surface area (Å²) in [5, 5.41) is 2.78. The summed E-state index contributed by atoms with van der Waals surface area (Å²) >= 11 is 3.43. The number of alkyl halides is 1. The Labute approximate surface area is 151 Å². The van der Waals surface area contributed by atoms with Crippen LogP contribution in [0.4, 0.5) is 10.5 Å². The van der Waals surface area contributed by atoms with Crippen LogP contribution < -0.4 is 5.32 Å². The fourth-order valence-electron chi connectivity index (χ4n) is 2.31. The Bertz CT molecular complexity index is 696. The van der Waals surface area contributed by atoms with Gasteiger partial charge in [0.05, 0.1) is 0 Å². The van der Waals surface area contributed by atoms with Gasteiger partial charge >= 0.3 is 6.03 Å². The summed E-state index contributed by atoms with van der Waals surface area (Å²) in [5.74, 6) is -0.304. The van der Waals surface area contributed by atoms with E-state index in [-0.39, 0.29) is 5.91 Å². The van der Waals surface area contributed by atoms with Gasteiger partial charge in [-0.25, -0.2) is 4.79 Å². The van der Waals surface area contributed by atoms with E-state index in [0.29, 0.717) is 5.69 Å². The van der Waals surface area contributed by atoms with Gasteiger partial charge in [-0.3, -0.25) is 9.69 Å². The smallest absolute Gasteiger partial charge is 0.307 e. The summed E-state index contributed by atoms with van der Waals surface area (Å²) in [6.07, 6.45) is 0. The number of hydrogen-bond acceptors (Lipinski definition) is 2. The second-order valence-electron chi connectivity index (χ2n) is 6.41. The molecule has 0 heterocycles. The molecule has 0 aromatic heterocycles. The number of carbonyl (C=O) groups is 2.